The first kappa shape index (κ1) is 9.70. The molecule has 0 aliphatic rings. The van der Waals surface area contributed by atoms with Crippen LogP contribution in [0.2, 0.25) is 11.1 Å². The first-order chi connectivity index (χ1) is 4.09. The maximum absolute atomic E-state index is 3.77. The molecule has 0 saturated heterocycles. The highest BCUT2D eigenvalue weighted by atomic mass is 79.9. The van der Waals surface area contributed by atoms with Crippen LogP contribution < -0.4 is 0 Å². The summed E-state index contributed by atoms with van der Waals surface area (Å²) in [6.07, 6.45) is 1.32. The van der Waals surface area contributed by atoms with E-state index in [4.69, 9.17) is 0 Å². The highest BCUT2D eigenvalue weighted by Crippen LogP contribution is 2.27. The number of halogens is 1. The summed E-state index contributed by atoms with van der Waals surface area (Å²) < 4.78 is 0. The highest BCUT2D eigenvalue weighted by molar-refractivity contribution is 9.24. The van der Waals surface area contributed by atoms with Crippen LogP contribution in [0, 0.1) is 0 Å². The van der Waals surface area contributed by atoms with Gasteiger partial charge in [-0.3, -0.25) is 0 Å². The number of hydrogen-bond donors (Lipinski definition) is 0. The molecule has 1 unspecified atom stereocenters. The molecule has 55 valence electrons. The molecule has 0 rings (SSSR count). The Morgan fingerprint density at radius 2 is 1.78 bits per heavy atom. The van der Waals surface area contributed by atoms with Crippen molar-refractivity contribution in [1.29, 1.82) is 0 Å². The van der Waals surface area contributed by atoms with Gasteiger partial charge in [0.2, 0.25) is 0 Å². The van der Waals surface area contributed by atoms with Crippen LogP contribution in [-0.4, -0.2) is 7.42 Å². The highest BCUT2D eigenvalue weighted by Gasteiger charge is 2.17. The second-order valence-corrected chi connectivity index (χ2v) is 8.51. The van der Waals surface area contributed by atoms with Crippen molar-refractivity contribution in [2.45, 2.75) is 45.2 Å². The molecule has 0 spiro atoms. The molecule has 0 amide bonds. The molecule has 9 heavy (non-hydrogen) atoms. The summed E-state index contributed by atoms with van der Waals surface area (Å²) in [5, 5.41) is 0. The smallest absolute Gasteiger partial charge is 0.128 e. The van der Waals surface area contributed by atoms with E-state index in [1.807, 2.05) is 0 Å². The van der Waals surface area contributed by atoms with E-state index in [1.54, 1.807) is 0 Å². The van der Waals surface area contributed by atoms with Crippen LogP contribution in [0.1, 0.15) is 34.1 Å². The zero-order chi connectivity index (χ0) is 7.44. The lowest BCUT2D eigenvalue weighted by molar-refractivity contribution is 0.842. The zero-order valence-electron chi connectivity index (χ0n) is 6.74. The minimum absolute atomic E-state index is 0.223. The topological polar surface area (TPSA) is 0 Å². The molecule has 0 bridgehead atoms. The Hall–Kier alpha value is 0.697. The van der Waals surface area contributed by atoms with E-state index in [-0.39, 0.29) is 7.42 Å². The largest absolute Gasteiger partial charge is 0.141 e. The van der Waals surface area contributed by atoms with E-state index in [9.17, 15) is 0 Å². The summed E-state index contributed by atoms with van der Waals surface area (Å²) in [7, 11) is -0.223. The maximum atomic E-state index is 3.77. The van der Waals surface area contributed by atoms with E-state index in [1.165, 1.54) is 6.42 Å². The monoisotopic (exact) mass is 207 g/mol. The molecule has 0 aliphatic heterocycles. The Labute approximate surface area is 68.2 Å². The molecular weight excluding hydrogens is 192 g/mol. The molecule has 0 aliphatic carbocycles. The summed E-state index contributed by atoms with van der Waals surface area (Å²) in [5.41, 5.74) is 1.78. The van der Waals surface area contributed by atoms with Gasteiger partial charge in [-0.05, 0) is 11.1 Å². The Balaban J connectivity index is 3.58. The third kappa shape index (κ3) is 3.41. The van der Waals surface area contributed by atoms with Crippen LogP contribution >= 0.6 is 15.3 Å². The Bertz CT molecular complexity index is 73.3. The fraction of sp³-hybridized carbons (Fsp3) is 1.00. The van der Waals surface area contributed by atoms with Crippen LogP contribution in [-0.2, 0) is 0 Å². The zero-order valence-corrected chi connectivity index (χ0v) is 9.33. The average Bonchev–Trinajstić information content (AvgIpc) is 1.84. The molecule has 1 radical (unpaired) electrons. The van der Waals surface area contributed by atoms with Gasteiger partial charge in [0.15, 0.2) is 0 Å². The molecule has 0 nitrogen and oxygen atoms in total. The van der Waals surface area contributed by atoms with Gasteiger partial charge in [0.1, 0.15) is 7.42 Å². The lowest BCUT2D eigenvalue weighted by atomic mass is 10.4. The summed E-state index contributed by atoms with van der Waals surface area (Å²) in [6.45, 7) is 9.20. The predicted molar refractivity (Wildman–Crippen MR) is 49.5 cm³/mol. The van der Waals surface area contributed by atoms with Gasteiger partial charge in [0.05, 0.1) is 0 Å². The van der Waals surface area contributed by atoms with Crippen molar-refractivity contribution in [1.82, 2.24) is 0 Å². The van der Waals surface area contributed by atoms with Crippen molar-refractivity contribution in [3.05, 3.63) is 0 Å². The molecule has 0 aromatic carbocycles. The molecule has 0 aromatic rings. The molecule has 0 aromatic heterocycles. The van der Waals surface area contributed by atoms with E-state index in [2.05, 4.69) is 43.0 Å². The number of rotatable bonds is 3. The summed E-state index contributed by atoms with van der Waals surface area (Å²) in [4.78, 5) is 0. The summed E-state index contributed by atoms with van der Waals surface area (Å²) >= 11 is 3.77. The lowest BCUT2D eigenvalue weighted by Gasteiger charge is -2.16. The molecule has 0 N–H and O–H groups in total. The quantitative estimate of drug-likeness (QED) is 0.491. The Morgan fingerprint density at radius 3 is 1.89 bits per heavy atom. The fourth-order valence-electron chi connectivity index (χ4n) is 0.764. The molecular formula is C7H16BrSi. The third-order valence-corrected chi connectivity index (χ3v) is 9.18. The van der Waals surface area contributed by atoms with E-state index in [0.717, 1.165) is 11.1 Å². The second kappa shape index (κ2) is 4.50. The Morgan fingerprint density at radius 1 is 1.33 bits per heavy atom. The first-order valence-electron chi connectivity index (χ1n) is 3.61. The van der Waals surface area contributed by atoms with Crippen LogP contribution in [0.5, 0.6) is 0 Å². The first-order valence-corrected chi connectivity index (χ1v) is 7.53. The van der Waals surface area contributed by atoms with Gasteiger partial charge >= 0.3 is 0 Å². The van der Waals surface area contributed by atoms with Crippen molar-refractivity contribution < 1.29 is 0 Å². The van der Waals surface area contributed by atoms with E-state index in [0.29, 0.717) is 0 Å². The molecule has 2 heteroatoms. The molecule has 0 fully saturated rings. The number of hydrogen-bond acceptors (Lipinski definition) is 0. The molecule has 1 atom stereocenters. The predicted octanol–water partition coefficient (Wildman–Crippen LogP) is 3.58. The Kier molecular flexibility index (Phi) is 4.85. The molecule has 0 heterocycles. The van der Waals surface area contributed by atoms with Gasteiger partial charge in [0, 0.05) is 0 Å². The summed E-state index contributed by atoms with van der Waals surface area (Å²) in [5.74, 6) is 0. The average molecular weight is 208 g/mol. The molecule has 0 saturated carbocycles. The van der Waals surface area contributed by atoms with E-state index < -0.39 is 0 Å². The van der Waals surface area contributed by atoms with Gasteiger partial charge in [-0.2, -0.15) is 0 Å². The van der Waals surface area contributed by atoms with Crippen LogP contribution in [0.25, 0.3) is 0 Å². The fourth-order valence-corrected chi connectivity index (χ4v) is 3.26. The minimum Gasteiger partial charge on any atom is -0.128 e. The van der Waals surface area contributed by atoms with Crippen LogP contribution in [0.3, 0.4) is 0 Å². The van der Waals surface area contributed by atoms with Crippen molar-refractivity contribution >= 4 is 22.7 Å². The van der Waals surface area contributed by atoms with Gasteiger partial charge in [0.25, 0.3) is 0 Å². The maximum Gasteiger partial charge on any atom is 0.141 e. The van der Waals surface area contributed by atoms with Gasteiger partial charge in [-0.25, -0.2) is 0 Å². The minimum atomic E-state index is -0.223. The van der Waals surface area contributed by atoms with Gasteiger partial charge in [-0.1, -0.05) is 34.1 Å². The van der Waals surface area contributed by atoms with Crippen LogP contribution in [0.4, 0.5) is 0 Å². The van der Waals surface area contributed by atoms with Crippen molar-refractivity contribution in [3.8, 4) is 0 Å². The van der Waals surface area contributed by atoms with Crippen molar-refractivity contribution in [2.75, 3.05) is 0 Å². The normalized spacial score (nSPS) is 15.0. The second-order valence-electron chi connectivity index (χ2n) is 2.85. The summed E-state index contributed by atoms with van der Waals surface area (Å²) in [6, 6.07) is 0. The van der Waals surface area contributed by atoms with Gasteiger partial charge in [-0.15, -0.1) is 15.3 Å². The van der Waals surface area contributed by atoms with E-state index >= 15 is 0 Å². The van der Waals surface area contributed by atoms with Crippen molar-refractivity contribution in [2.24, 2.45) is 0 Å². The SMILES string of the molecule is CCC(C)[Si](Br)C(C)C. The van der Waals surface area contributed by atoms with Crippen LogP contribution in [0.15, 0.2) is 0 Å². The standard InChI is InChI=1S/C7H16BrSi/c1-5-7(4)9(8)6(2)3/h6-7H,5H2,1-4H3. The lowest BCUT2D eigenvalue weighted by Crippen LogP contribution is -2.13. The van der Waals surface area contributed by atoms with Gasteiger partial charge < -0.3 is 0 Å². The third-order valence-electron chi connectivity index (χ3n) is 1.63. The van der Waals surface area contributed by atoms with Crippen molar-refractivity contribution in [3.63, 3.8) is 0 Å².